The molecular formula is C21H23N3O2S2. The van der Waals surface area contributed by atoms with E-state index in [0.717, 1.165) is 18.8 Å². The van der Waals surface area contributed by atoms with Gasteiger partial charge in [0.2, 0.25) is 5.91 Å². The molecule has 0 unspecified atom stereocenters. The summed E-state index contributed by atoms with van der Waals surface area (Å²) >= 11 is 2.80. The third-order valence-corrected chi connectivity index (χ3v) is 6.76. The molecule has 1 amide bonds. The Hall–Kier alpha value is -2.12. The van der Waals surface area contributed by atoms with E-state index in [-0.39, 0.29) is 17.2 Å². The first-order valence-corrected chi connectivity index (χ1v) is 11.4. The molecule has 0 N–H and O–H groups in total. The monoisotopic (exact) mass is 413 g/mol. The molecule has 146 valence electrons. The van der Waals surface area contributed by atoms with Crippen molar-refractivity contribution in [2.24, 2.45) is 11.8 Å². The number of nitrogens with zero attached hydrogens (tertiary/aromatic N) is 3. The Morgan fingerprint density at radius 1 is 1.18 bits per heavy atom. The molecule has 0 spiro atoms. The van der Waals surface area contributed by atoms with E-state index in [1.54, 1.807) is 4.57 Å². The third-order valence-electron chi connectivity index (χ3n) is 5.03. The molecule has 1 aliphatic rings. The number of amides is 1. The van der Waals surface area contributed by atoms with Crippen LogP contribution in [0.2, 0.25) is 0 Å². The number of thiophene rings is 1. The molecule has 0 aliphatic carbocycles. The average Bonchev–Trinajstić information content (AvgIpc) is 3.15. The van der Waals surface area contributed by atoms with Gasteiger partial charge in [-0.3, -0.25) is 14.2 Å². The van der Waals surface area contributed by atoms with E-state index in [4.69, 9.17) is 4.98 Å². The summed E-state index contributed by atoms with van der Waals surface area (Å²) in [5, 5.41) is 3.06. The van der Waals surface area contributed by atoms with Crippen LogP contribution in [0.5, 0.6) is 0 Å². The van der Waals surface area contributed by atoms with Crippen molar-refractivity contribution in [3.8, 4) is 5.69 Å². The molecule has 1 saturated heterocycles. The number of piperidine rings is 1. The van der Waals surface area contributed by atoms with E-state index < -0.39 is 0 Å². The lowest BCUT2D eigenvalue weighted by Gasteiger charge is -2.35. The molecule has 1 aromatic carbocycles. The van der Waals surface area contributed by atoms with Crippen LogP contribution in [0.4, 0.5) is 0 Å². The molecule has 7 heteroatoms. The second kappa shape index (κ2) is 8.09. The lowest BCUT2D eigenvalue weighted by atomic mass is 9.92. The van der Waals surface area contributed by atoms with E-state index in [1.807, 2.05) is 46.7 Å². The summed E-state index contributed by atoms with van der Waals surface area (Å²) in [5.41, 5.74) is 0.677. The predicted molar refractivity (Wildman–Crippen MR) is 115 cm³/mol. The van der Waals surface area contributed by atoms with Crippen LogP contribution in [0.3, 0.4) is 0 Å². The Bertz CT molecular complexity index is 1030. The highest BCUT2D eigenvalue weighted by atomic mass is 32.2. The summed E-state index contributed by atoms with van der Waals surface area (Å²) in [6.45, 7) is 6.02. The summed E-state index contributed by atoms with van der Waals surface area (Å²) in [4.78, 5) is 33.2. The SMILES string of the molecule is C[C@@H]1C[C@@H](C)CN(C(=O)CSc2nc3sccc3c(=O)n2-c2ccccc2)C1. The molecule has 1 aliphatic heterocycles. The van der Waals surface area contributed by atoms with Crippen LogP contribution in [0.1, 0.15) is 20.3 Å². The van der Waals surface area contributed by atoms with Gasteiger partial charge in [0, 0.05) is 13.1 Å². The summed E-state index contributed by atoms with van der Waals surface area (Å²) < 4.78 is 1.62. The van der Waals surface area contributed by atoms with Crippen LogP contribution in [0.25, 0.3) is 15.9 Å². The smallest absolute Gasteiger partial charge is 0.267 e. The predicted octanol–water partition coefficient (Wildman–Crippen LogP) is 4.04. The maximum absolute atomic E-state index is 13.1. The normalized spacial score (nSPS) is 19.9. The largest absolute Gasteiger partial charge is 0.341 e. The Balaban J connectivity index is 1.63. The van der Waals surface area contributed by atoms with Crippen LogP contribution in [-0.2, 0) is 4.79 Å². The van der Waals surface area contributed by atoms with E-state index in [2.05, 4.69) is 13.8 Å². The number of benzene rings is 1. The molecule has 3 heterocycles. The molecule has 0 radical (unpaired) electrons. The van der Waals surface area contributed by atoms with Gasteiger partial charge in [-0.25, -0.2) is 4.98 Å². The zero-order chi connectivity index (χ0) is 19.7. The number of aromatic nitrogens is 2. The standard InChI is InChI=1S/C21H23N3O2S2/c1-14-10-15(2)12-23(11-14)18(25)13-28-21-22-19-17(8-9-27-19)20(26)24(21)16-6-4-3-5-7-16/h3-9,14-15H,10-13H2,1-2H3/t14-,15-/m1/s1. The maximum atomic E-state index is 13.1. The van der Waals surface area contributed by atoms with Gasteiger partial charge in [-0.1, -0.05) is 43.8 Å². The van der Waals surface area contributed by atoms with Crippen molar-refractivity contribution in [2.45, 2.75) is 25.4 Å². The number of rotatable bonds is 4. The second-order valence-corrected chi connectivity index (χ2v) is 9.38. The maximum Gasteiger partial charge on any atom is 0.267 e. The van der Waals surface area contributed by atoms with Gasteiger partial charge in [0.15, 0.2) is 5.16 Å². The number of para-hydroxylation sites is 1. The van der Waals surface area contributed by atoms with Crippen LogP contribution in [0.15, 0.2) is 51.7 Å². The molecule has 1 fully saturated rings. The molecule has 2 aromatic heterocycles. The Morgan fingerprint density at radius 3 is 2.61 bits per heavy atom. The number of fused-ring (bicyclic) bond motifs is 1. The summed E-state index contributed by atoms with van der Waals surface area (Å²) in [7, 11) is 0. The quantitative estimate of drug-likeness (QED) is 0.478. The Labute approximate surface area is 172 Å². The first kappa shape index (κ1) is 19.2. The minimum Gasteiger partial charge on any atom is -0.341 e. The van der Waals surface area contributed by atoms with Gasteiger partial charge >= 0.3 is 0 Å². The zero-order valence-electron chi connectivity index (χ0n) is 16.0. The molecule has 0 bridgehead atoms. The van der Waals surface area contributed by atoms with Crippen molar-refractivity contribution >= 4 is 39.2 Å². The lowest BCUT2D eigenvalue weighted by molar-refractivity contribution is -0.130. The summed E-state index contributed by atoms with van der Waals surface area (Å²) in [5.74, 6) is 1.46. The van der Waals surface area contributed by atoms with Gasteiger partial charge in [-0.2, -0.15) is 0 Å². The van der Waals surface area contributed by atoms with Crippen LogP contribution in [-0.4, -0.2) is 39.2 Å². The minimum absolute atomic E-state index is 0.0902. The van der Waals surface area contributed by atoms with Crippen molar-refractivity contribution in [1.29, 1.82) is 0 Å². The van der Waals surface area contributed by atoms with Gasteiger partial charge in [0.25, 0.3) is 5.56 Å². The van der Waals surface area contributed by atoms with Crippen LogP contribution in [0, 0.1) is 11.8 Å². The highest BCUT2D eigenvalue weighted by Gasteiger charge is 2.26. The third kappa shape index (κ3) is 3.86. The highest BCUT2D eigenvalue weighted by molar-refractivity contribution is 7.99. The van der Waals surface area contributed by atoms with Crippen molar-refractivity contribution in [3.63, 3.8) is 0 Å². The van der Waals surface area contributed by atoms with Crippen molar-refractivity contribution < 1.29 is 4.79 Å². The first-order valence-electron chi connectivity index (χ1n) is 9.49. The first-order chi connectivity index (χ1) is 13.5. The molecule has 28 heavy (non-hydrogen) atoms. The lowest BCUT2D eigenvalue weighted by Crippen LogP contribution is -2.43. The summed E-state index contributed by atoms with van der Waals surface area (Å²) in [6.07, 6.45) is 1.17. The number of likely N-dealkylation sites (tertiary alicyclic amines) is 1. The van der Waals surface area contributed by atoms with Crippen LogP contribution < -0.4 is 5.56 Å². The number of carbonyl (C=O) groups is 1. The van der Waals surface area contributed by atoms with Crippen molar-refractivity contribution in [1.82, 2.24) is 14.5 Å². The minimum atomic E-state index is -0.0902. The molecule has 2 atom stereocenters. The van der Waals surface area contributed by atoms with E-state index in [9.17, 15) is 9.59 Å². The number of carbonyl (C=O) groups excluding carboxylic acids is 1. The van der Waals surface area contributed by atoms with Gasteiger partial charge in [-0.05, 0) is 41.8 Å². The van der Waals surface area contributed by atoms with Crippen LogP contribution >= 0.6 is 23.1 Å². The van der Waals surface area contributed by atoms with Gasteiger partial charge < -0.3 is 4.90 Å². The van der Waals surface area contributed by atoms with Crippen molar-refractivity contribution in [3.05, 3.63) is 52.1 Å². The topological polar surface area (TPSA) is 55.2 Å². The molecule has 0 saturated carbocycles. The number of hydrogen-bond acceptors (Lipinski definition) is 5. The Kier molecular flexibility index (Phi) is 5.55. The molecule has 5 nitrogen and oxygen atoms in total. The number of thioether (sulfide) groups is 1. The van der Waals surface area contributed by atoms with E-state index >= 15 is 0 Å². The fourth-order valence-electron chi connectivity index (χ4n) is 3.88. The molecule has 4 rings (SSSR count). The Morgan fingerprint density at radius 2 is 1.89 bits per heavy atom. The average molecular weight is 414 g/mol. The second-order valence-electron chi connectivity index (χ2n) is 7.54. The van der Waals surface area contributed by atoms with Crippen molar-refractivity contribution in [2.75, 3.05) is 18.8 Å². The van der Waals surface area contributed by atoms with Gasteiger partial charge in [-0.15, -0.1) is 11.3 Å². The fourth-order valence-corrected chi connectivity index (χ4v) is 5.60. The zero-order valence-corrected chi connectivity index (χ0v) is 17.6. The molecule has 3 aromatic rings. The van der Waals surface area contributed by atoms with E-state index in [0.29, 0.717) is 27.2 Å². The van der Waals surface area contributed by atoms with Gasteiger partial charge in [0.1, 0.15) is 4.83 Å². The van der Waals surface area contributed by atoms with E-state index in [1.165, 1.54) is 29.5 Å². The van der Waals surface area contributed by atoms with Gasteiger partial charge in [0.05, 0.1) is 16.8 Å². The molecular weight excluding hydrogens is 390 g/mol. The summed E-state index contributed by atoms with van der Waals surface area (Å²) in [6, 6.07) is 11.3. The fraction of sp³-hybridized carbons (Fsp3) is 0.381. The number of hydrogen-bond donors (Lipinski definition) is 0. The highest BCUT2D eigenvalue weighted by Crippen LogP contribution is 2.26.